The van der Waals surface area contributed by atoms with Crippen LogP contribution in [0.25, 0.3) is 0 Å². The zero-order valence-corrected chi connectivity index (χ0v) is 9.87. The van der Waals surface area contributed by atoms with Crippen molar-refractivity contribution in [3.05, 3.63) is 34.9 Å². The van der Waals surface area contributed by atoms with E-state index in [9.17, 15) is 4.79 Å². The fourth-order valence-electron chi connectivity index (χ4n) is 1.33. The predicted octanol–water partition coefficient (Wildman–Crippen LogP) is 2.51. The maximum atomic E-state index is 11.8. The van der Waals surface area contributed by atoms with Gasteiger partial charge in [-0.1, -0.05) is 31.3 Å². The molecule has 0 unspecified atom stereocenters. The van der Waals surface area contributed by atoms with Crippen LogP contribution in [0.15, 0.2) is 18.2 Å². The van der Waals surface area contributed by atoms with Crippen molar-refractivity contribution in [2.75, 3.05) is 0 Å². The lowest BCUT2D eigenvalue weighted by atomic mass is 10.0. The lowest BCUT2D eigenvalue weighted by molar-refractivity contribution is 0.107. The third-order valence-electron chi connectivity index (χ3n) is 2.39. The van der Waals surface area contributed by atoms with Gasteiger partial charge in [0.05, 0.1) is 0 Å². The smallest absolute Gasteiger partial charge is 0.136 e. The molecule has 0 aliphatic rings. The Kier molecular flexibility index (Phi) is 3.04. The number of rotatable bonds is 2. The molecule has 0 aliphatic heterocycles. The van der Waals surface area contributed by atoms with Crippen LogP contribution in [-0.4, -0.2) is 14.2 Å². The summed E-state index contributed by atoms with van der Waals surface area (Å²) in [4.78, 5) is 11.8. The van der Waals surface area contributed by atoms with Crippen LogP contribution >= 0.6 is 0 Å². The van der Waals surface area contributed by atoms with E-state index in [1.54, 1.807) is 0 Å². The zero-order valence-electron chi connectivity index (χ0n) is 8.72. The van der Waals surface area contributed by atoms with Crippen molar-refractivity contribution in [2.45, 2.75) is 26.9 Å². The Labute approximate surface area is 81.4 Å². The second kappa shape index (κ2) is 3.88. The molecule has 1 aromatic carbocycles. The van der Waals surface area contributed by atoms with Crippen molar-refractivity contribution in [3.63, 3.8) is 0 Å². The summed E-state index contributed by atoms with van der Waals surface area (Å²) in [6, 6.07) is 5.96. The first-order chi connectivity index (χ1) is 6.04. The van der Waals surface area contributed by atoms with Crippen LogP contribution in [0.1, 0.15) is 21.5 Å². The maximum absolute atomic E-state index is 11.8. The number of hydrogen-bond donors (Lipinski definition) is 0. The van der Waals surface area contributed by atoms with Gasteiger partial charge in [0.1, 0.15) is 14.2 Å². The molecule has 1 rings (SSSR count). The van der Waals surface area contributed by atoms with Crippen LogP contribution in [0.3, 0.4) is 0 Å². The summed E-state index contributed by atoms with van der Waals surface area (Å²) >= 11 is 0. The van der Waals surface area contributed by atoms with Crippen LogP contribution in [0.4, 0.5) is 0 Å². The molecule has 0 saturated carbocycles. The molecule has 0 spiro atoms. The molecule has 1 nitrogen and oxygen atoms in total. The minimum Gasteiger partial charge on any atom is -0.300 e. The van der Waals surface area contributed by atoms with E-state index in [-0.39, 0.29) is 0 Å². The van der Waals surface area contributed by atoms with Gasteiger partial charge in [-0.15, -0.1) is 0 Å². The Bertz CT molecular complexity index is 329. The van der Waals surface area contributed by atoms with Crippen LogP contribution in [-0.2, 0) is 0 Å². The normalized spacial score (nSPS) is 10.5. The average Bonchev–Trinajstić information content (AvgIpc) is 2.08. The molecule has 0 aromatic heterocycles. The van der Waals surface area contributed by atoms with Gasteiger partial charge in [0, 0.05) is 5.56 Å². The highest BCUT2D eigenvalue weighted by Gasteiger charge is 2.13. The Morgan fingerprint density at radius 3 is 2.38 bits per heavy atom. The van der Waals surface area contributed by atoms with E-state index in [2.05, 4.69) is 13.1 Å². The molecule has 13 heavy (non-hydrogen) atoms. The summed E-state index contributed by atoms with van der Waals surface area (Å²) in [6.45, 7) is 8.22. The first kappa shape index (κ1) is 10.2. The summed E-state index contributed by atoms with van der Waals surface area (Å²) in [6.07, 6.45) is 0. The first-order valence-corrected chi connectivity index (χ1v) is 7.53. The van der Waals surface area contributed by atoms with Gasteiger partial charge in [-0.05, 0) is 25.0 Å². The fraction of sp³-hybridized carbons (Fsp3) is 0.364. The monoisotopic (exact) mass is 192 g/mol. The largest absolute Gasteiger partial charge is 0.300 e. The van der Waals surface area contributed by atoms with Gasteiger partial charge in [0.15, 0.2) is 0 Å². The van der Waals surface area contributed by atoms with Gasteiger partial charge < -0.3 is 4.79 Å². The van der Waals surface area contributed by atoms with Crippen molar-refractivity contribution in [1.29, 1.82) is 0 Å². The quantitative estimate of drug-likeness (QED) is 0.658. The van der Waals surface area contributed by atoms with Gasteiger partial charge in [0.25, 0.3) is 0 Å². The molecule has 0 heterocycles. The summed E-state index contributed by atoms with van der Waals surface area (Å²) in [5.74, 6) is 0. The lowest BCUT2D eigenvalue weighted by Crippen LogP contribution is -2.19. The van der Waals surface area contributed by atoms with E-state index >= 15 is 0 Å². The van der Waals surface area contributed by atoms with Gasteiger partial charge in [-0.3, -0.25) is 0 Å². The summed E-state index contributed by atoms with van der Waals surface area (Å²) < 4.78 is 0. The van der Waals surface area contributed by atoms with Crippen molar-refractivity contribution in [1.82, 2.24) is 0 Å². The van der Waals surface area contributed by atoms with Crippen LogP contribution in [0.2, 0.25) is 13.1 Å². The predicted molar refractivity (Wildman–Crippen MR) is 59.1 cm³/mol. The maximum Gasteiger partial charge on any atom is 0.136 e. The van der Waals surface area contributed by atoms with Crippen molar-refractivity contribution < 1.29 is 4.79 Å². The van der Waals surface area contributed by atoms with E-state index in [4.69, 9.17) is 0 Å². The van der Waals surface area contributed by atoms with E-state index in [1.807, 2.05) is 32.0 Å². The molecule has 0 amide bonds. The van der Waals surface area contributed by atoms with E-state index in [0.29, 0.717) is 5.41 Å². The van der Waals surface area contributed by atoms with E-state index in [1.165, 1.54) is 5.56 Å². The number of benzene rings is 1. The van der Waals surface area contributed by atoms with Gasteiger partial charge in [-0.2, -0.15) is 0 Å². The summed E-state index contributed by atoms with van der Waals surface area (Å²) in [7, 11) is -1.18. The van der Waals surface area contributed by atoms with E-state index < -0.39 is 8.80 Å². The number of carbonyl (C=O) groups excluding carboxylic acids is 1. The average molecular weight is 192 g/mol. The van der Waals surface area contributed by atoms with Crippen molar-refractivity contribution in [3.8, 4) is 0 Å². The zero-order chi connectivity index (χ0) is 10.0. The van der Waals surface area contributed by atoms with Crippen LogP contribution in [0, 0.1) is 13.8 Å². The van der Waals surface area contributed by atoms with Crippen molar-refractivity contribution >= 4 is 14.2 Å². The number of aryl methyl sites for hydroxylation is 1. The molecule has 0 N–H and O–H groups in total. The molecule has 0 atom stereocenters. The van der Waals surface area contributed by atoms with Crippen LogP contribution < -0.4 is 0 Å². The molecular weight excluding hydrogens is 176 g/mol. The third kappa shape index (κ3) is 2.07. The molecule has 0 saturated heterocycles. The van der Waals surface area contributed by atoms with Crippen molar-refractivity contribution in [2.24, 2.45) is 0 Å². The molecule has 0 radical (unpaired) electrons. The highest BCUT2D eigenvalue weighted by molar-refractivity contribution is 6.90. The Balaban J connectivity index is 3.15. The number of carbonyl (C=O) groups is 1. The first-order valence-electron chi connectivity index (χ1n) is 4.64. The van der Waals surface area contributed by atoms with Gasteiger partial charge in [0.2, 0.25) is 0 Å². The Hall–Kier alpha value is -0.893. The molecule has 2 heteroatoms. The summed E-state index contributed by atoms with van der Waals surface area (Å²) in [5, 5.41) is 0.376. The molecule has 0 bridgehead atoms. The van der Waals surface area contributed by atoms with E-state index in [0.717, 1.165) is 11.1 Å². The summed E-state index contributed by atoms with van der Waals surface area (Å²) in [5.41, 5.74) is 3.29. The SMILES string of the molecule is Cc1cccc(C(=O)[SiH](C)C)c1C. The highest BCUT2D eigenvalue weighted by Crippen LogP contribution is 2.14. The molecule has 70 valence electrons. The Morgan fingerprint density at radius 1 is 1.23 bits per heavy atom. The topological polar surface area (TPSA) is 17.1 Å². The molecule has 0 fully saturated rings. The minimum atomic E-state index is -1.18. The fourth-order valence-corrected chi connectivity index (χ4v) is 2.26. The van der Waals surface area contributed by atoms with Gasteiger partial charge in [-0.25, -0.2) is 0 Å². The Morgan fingerprint density at radius 2 is 1.85 bits per heavy atom. The standard InChI is InChI=1S/C11H16OSi/c1-8-6-5-7-10(9(8)2)11(12)13(3)4/h5-7,13H,1-4H3. The molecular formula is C11H16OSi. The molecule has 0 aliphatic carbocycles. The lowest BCUT2D eigenvalue weighted by Gasteiger charge is -2.08. The molecule has 1 aromatic rings. The minimum absolute atomic E-state index is 0.376. The second-order valence-electron chi connectivity index (χ2n) is 3.77. The van der Waals surface area contributed by atoms with Gasteiger partial charge >= 0.3 is 0 Å². The van der Waals surface area contributed by atoms with Crippen LogP contribution in [0.5, 0.6) is 0 Å². The number of hydrogen-bond acceptors (Lipinski definition) is 1. The highest BCUT2D eigenvalue weighted by atomic mass is 28.3. The second-order valence-corrected chi connectivity index (χ2v) is 6.60. The third-order valence-corrected chi connectivity index (χ3v) is 3.75.